The number of ether oxygens (including phenoxy) is 2. The van der Waals surface area contributed by atoms with Crippen LogP contribution in [0, 0.1) is 40.4 Å². The molecular formula is C46H53N3O7S2. The molecule has 12 heteroatoms. The van der Waals surface area contributed by atoms with Gasteiger partial charge < -0.3 is 19.9 Å². The molecule has 6 aliphatic carbocycles. The first-order chi connectivity index (χ1) is 28.2. The summed E-state index contributed by atoms with van der Waals surface area (Å²) in [6.07, 6.45) is 23.4. The van der Waals surface area contributed by atoms with Crippen molar-refractivity contribution in [1.82, 2.24) is 9.88 Å². The van der Waals surface area contributed by atoms with Crippen LogP contribution in [0.25, 0.3) is 0 Å². The van der Waals surface area contributed by atoms with Gasteiger partial charge in [-0.15, -0.1) is 0 Å². The predicted molar refractivity (Wildman–Crippen MR) is 222 cm³/mol. The van der Waals surface area contributed by atoms with Gasteiger partial charge in [0.15, 0.2) is 0 Å². The molecule has 7 atom stereocenters. The minimum atomic E-state index is -0.929. The third-order valence-corrected chi connectivity index (χ3v) is 17.9. The Balaban J connectivity index is 1.18. The fourth-order valence-corrected chi connectivity index (χ4v) is 15.0. The van der Waals surface area contributed by atoms with Crippen molar-refractivity contribution in [2.24, 2.45) is 40.4 Å². The lowest BCUT2D eigenvalue weighted by atomic mass is 9.43. The molecule has 1 saturated heterocycles. The molecule has 2 N–H and O–H groups in total. The summed E-state index contributed by atoms with van der Waals surface area (Å²) in [6, 6.07) is 3.90. The Morgan fingerprint density at radius 3 is 2.53 bits per heavy atom. The Hall–Kier alpha value is -3.61. The molecule has 0 unspecified atom stereocenters. The summed E-state index contributed by atoms with van der Waals surface area (Å²) in [7, 11) is 3.03. The quantitative estimate of drug-likeness (QED) is 0.168. The molecule has 10 nitrogen and oxygen atoms in total. The van der Waals surface area contributed by atoms with Gasteiger partial charge in [0.25, 0.3) is 11.8 Å². The number of aromatic nitrogens is 1. The number of cyclic esters (lactones) is 1. The molecule has 11 rings (SSSR count). The number of nitrogens with one attached hydrogen (secondary N) is 1. The van der Waals surface area contributed by atoms with Gasteiger partial charge in [-0.3, -0.25) is 14.5 Å². The topological polar surface area (TPSA) is 135 Å². The number of amides is 2. The second-order valence-corrected chi connectivity index (χ2v) is 20.7. The van der Waals surface area contributed by atoms with Crippen molar-refractivity contribution in [3.8, 4) is 0 Å². The lowest BCUT2D eigenvalue weighted by molar-refractivity contribution is -0.137. The molecule has 306 valence electrons. The molecule has 3 saturated carbocycles. The van der Waals surface area contributed by atoms with Gasteiger partial charge in [-0.2, -0.15) is 0 Å². The standard InChI is InChI=1S/C46H53N3O7S2/c1-2-45(18-6-7-19-45)23-33-31-11-10-30-29-16-20-46(40(30)39(31)42(52)55-33)34-13-12-28(26-8-4-3-5-9-26)44(54)58-57-25-48-35-22-27(17-21-47-35)32(38(29)41(46)43(53)56-34)24-49-36(50)14-15-37(49)51/h13-15,17,21-23,26,28-30,32,40,44,54H,2-12,16,18-20,24-25H2,1H3,(H,47,48)/b33-23-,34-13+/t28-,29-,30-,32-,40+,44-,46-/m0/s1. The van der Waals surface area contributed by atoms with Gasteiger partial charge in [-0.05, 0) is 110 Å². The largest absolute Gasteiger partial charge is 0.427 e. The number of esters is 2. The van der Waals surface area contributed by atoms with Crippen LogP contribution < -0.4 is 5.32 Å². The molecule has 0 radical (unpaired) electrons. The summed E-state index contributed by atoms with van der Waals surface area (Å²) in [5.74, 6) is 0.434. The van der Waals surface area contributed by atoms with Gasteiger partial charge in [-0.25, -0.2) is 14.6 Å². The van der Waals surface area contributed by atoms with E-state index < -0.39 is 22.7 Å². The number of hydrogen-bond acceptors (Lipinski definition) is 11. The summed E-state index contributed by atoms with van der Waals surface area (Å²) in [5, 5.41) is 15.3. The number of imide groups is 1. The number of carbonyl (C=O) groups excluding carboxylic acids is 4. The first kappa shape index (κ1) is 38.6. The van der Waals surface area contributed by atoms with Gasteiger partial charge in [0.2, 0.25) is 0 Å². The molecular weight excluding hydrogens is 771 g/mol. The number of aliphatic hydroxyl groups is 1. The van der Waals surface area contributed by atoms with Crippen LogP contribution in [0.5, 0.6) is 0 Å². The third-order valence-electron chi connectivity index (χ3n) is 15.6. The van der Waals surface area contributed by atoms with Gasteiger partial charge in [0, 0.05) is 53.8 Å². The molecule has 2 amide bonds. The van der Waals surface area contributed by atoms with Crippen LogP contribution in [0.3, 0.4) is 0 Å². The molecule has 5 heterocycles. The van der Waals surface area contributed by atoms with E-state index in [9.17, 15) is 24.3 Å². The maximum atomic E-state index is 14.9. The van der Waals surface area contributed by atoms with Crippen LogP contribution in [0.15, 0.2) is 76.4 Å². The smallest absolute Gasteiger partial charge is 0.340 e. The van der Waals surface area contributed by atoms with E-state index in [4.69, 9.17) is 9.47 Å². The number of nitrogens with zero attached hydrogens (tertiary/aromatic N) is 2. The van der Waals surface area contributed by atoms with Crippen molar-refractivity contribution in [3.05, 3.63) is 82.0 Å². The maximum Gasteiger partial charge on any atom is 0.340 e. The van der Waals surface area contributed by atoms with Gasteiger partial charge >= 0.3 is 11.9 Å². The monoisotopic (exact) mass is 823 g/mol. The Morgan fingerprint density at radius 2 is 1.76 bits per heavy atom. The van der Waals surface area contributed by atoms with Gasteiger partial charge in [-0.1, -0.05) is 73.5 Å². The summed E-state index contributed by atoms with van der Waals surface area (Å²) < 4.78 is 12.9. The van der Waals surface area contributed by atoms with E-state index >= 15 is 0 Å². The number of aliphatic hydroxyl groups excluding tert-OH is 1. The Labute approximate surface area is 348 Å². The first-order valence-electron chi connectivity index (χ1n) is 21.8. The zero-order valence-corrected chi connectivity index (χ0v) is 34.8. The first-order valence-corrected chi connectivity index (χ1v) is 24.1. The summed E-state index contributed by atoms with van der Waals surface area (Å²) in [6.45, 7) is 2.31. The van der Waals surface area contributed by atoms with Crippen molar-refractivity contribution in [2.75, 3.05) is 17.7 Å². The molecule has 4 fully saturated rings. The average molecular weight is 824 g/mol. The van der Waals surface area contributed by atoms with E-state index in [2.05, 4.69) is 29.4 Å². The molecule has 1 aromatic rings. The molecule has 1 spiro atoms. The molecule has 0 aromatic carbocycles. The Kier molecular flexibility index (Phi) is 10.1. The Bertz CT molecular complexity index is 2080. The molecule has 1 aromatic heterocycles. The van der Waals surface area contributed by atoms with Crippen LogP contribution in [-0.2, 0) is 28.7 Å². The highest BCUT2D eigenvalue weighted by Crippen LogP contribution is 2.72. The van der Waals surface area contributed by atoms with Crippen molar-refractivity contribution in [3.63, 3.8) is 0 Å². The minimum absolute atomic E-state index is 0.0123. The number of carbonyl (C=O) groups is 4. The highest BCUT2D eigenvalue weighted by molar-refractivity contribution is 8.76. The summed E-state index contributed by atoms with van der Waals surface area (Å²) >= 11 is 0. The molecule has 10 aliphatic rings. The van der Waals surface area contributed by atoms with E-state index in [-0.39, 0.29) is 53.4 Å². The van der Waals surface area contributed by atoms with Crippen molar-refractivity contribution < 1.29 is 33.8 Å². The van der Waals surface area contributed by atoms with E-state index in [0.29, 0.717) is 53.8 Å². The number of anilines is 1. The predicted octanol–water partition coefficient (Wildman–Crippen LogP) is 8.64. The van der Waals surface area contributed by atoms with E-state index in [1.807, 2.05) is 12.1 Å². The normalized spacial score (nSPS) is 36.2. The lowest BCUT2D eigenvalue weighted by Gasteiger charge is -2.57. The van der Waals surface area contributed by atoms with E-state index in [1.165, 1.54) is 47.1 Å². The van der Waals surface area contributed by atoms with Crippen LogP contribution in [0.1, 0.15) is 115 Å². The second-order valence-electron chi connectivity index (χ2n) is 18.2. The number of allylic oxidation sites excluding steroid dienone is 4. The van der Waals surface area contributed by atoms with Crippen LogP contribution >= 0.6 is 21.6 Å². The SMILES string of the molecule is CCC1(/C=C2\OC(=O)C3=C2CC[C@H]2[C@@H]4CC[C@@]5(C6=C4[C@@H](CN4C(=O)C=CC4=O)c4ccnc(c4)NCSS[C@H](O)[C@H](C4CCCCC4)C/C=C\5OC6=O)[C@@H]32)CCCC1. The number of rotatable bonds is 5. The minimum Gasteiger partial charge on any atom is -0.427 e. The zero-order chi connectivity index (χ0) is 39.8. The Morgan fingerprint density at radius 1 is 0.966 bits per heavy atom. The van der Waals surface area contributed by atoms with E-state index in [1.54, 1.807) is 17.0 Å². The summed E-state index contributed by atoms with van der Waals surface area (Å²) in [4.78, 5) is 61.8. The number of hydrogen-bond donors (Lipinski definition) is 2. The third kappa shape index (κ3) is 6.20. The van der Waals surface area contributed by atoms with Crippen molar-refractivity contribution in [2.45, 2.75) is 115 Å². The second kappa shape index (κ2) is 15.1. The highest BCUT2D eigenvalue weighted by Gasteiger charge is 2.69. The van der Waals surface area contributed by atoms with E-state index in [0.717, 1.165) is 80.3 Å². The molecule has 58 heavy (non-hydrogen) atoms. The zero-order valence-electron chi connectivity index (χ0n) is 33.2. The fraction of sp³-hybridized carbons (Fsp3) is 0.587. The number of fused-ring (bicyclic) bond motifs is 3. The fourth-order valence-electron chi connectivity index (χ4n) is 12.9. The van der Waals surface area contributed by atoms with Crippen LogP contribution in [0.2, 0.25) is 0 Å². The van der Waals surface area contributed by atoms with Crippen molar-refractivity contribution >= 4 is 51.2 Å². The van der Waals surface area contributed by atoms with Crippen LogP contribution in [-0.4, -0.2) is 56.6 Å². The summed E-state index contributed by atoms with van der Waals surface area (Å²) in [5.41, 5.74) is 2.53. The van der Waals surface area contributed by atoms with Gasteiger partial charge in [0.1, 0.15) is 22.8 Å². The molecule has 4 aliphatic heterocycles. The number of pyridine rings is 1. The van der Waals surface area contributed by atoms with Gasteiger partial charge in [0.05, 0.1) is 16.9 Å². The lowest BCUT2D eigenvalue weighted by Crippen LogP contribution is -2.53. The molecule has 7 bridgehead atoms. The average Bonchev–Trinajstić information content (AvgIpc) is 4.00. The maximum absolute atomic E-state index is 14.9. The highest BCUT2D eigenvalue weighted by atomic mass is 33.1. The van der Waals surface area contributed by atoms with Crippen molar-refractivity contribution in [1.29, 1.82) is 0 Å². The van der Waals surface area contributed by atoms with Crippen LogP contribution in [0.4, 0.5) is 5.82 Å².